The number of hydrogen-bond acceptors (Lipinski definition) is 2. The lowest BCUT2D eigenvalue weighted by molar-refractivity contribution is -0.136. The van der Waals surface area contributed by atoms with Crippen LogP contribution in [0.1, 0.15) is 25.3 Å². The Kier molecular flexibility index (Phi) is 6.11. The molecule has 0 aromatic heterocycles. The van der Waals surface area contributed by atoms with Gasteiger partial charge in [-0.05, 0) is 30.5 Å². The molecule has 0 saturated heterocycles. The second-order valence-corrected chi connectivity index (χ2v) is 4.32. The summed E-state index contributed by atoms with van der Waals surface area (Å²) in [5, 5.41) is 14.0. The Bertz CT molecular complexity index is 520. The van der Waals surface area contributed by atoms with E-state index in [1.807, 2.05) is 13.0 Å². The van der Waals surface area contributed by atoms with Crippen LogP contribution in [0, 0.1) is 12.3 Å². The topological polar surface area (TPSA) is 78.4 Å². The van der Waals surface area contributed by atoms with E-state index >= 15 is 0 Å². The van der Waals surface area contributed by atoms with Gasteiger partial charge in [-0.15, -0.1) is 6.42 Å². The van der Waals surface area contributed by atoms with Crippen LogP contribution < -0.4 is 10.6 Å². The van der Waals surface area contributed by atoms with Gasteiger partial charge in [0, 0.05) is 12.1 Å². The predicted molar refractivity (Wildman–Crippen MR) is 77.5 cm³/mol. The van der Waals surface area contributed by atoms with Gasteiger partial charge in [0.25, 0.3) is 0 Å². The van der Waals surface area contributed by atoms with Gasteiger partial charge in [-0.2, -0.15) is 0 Å². The van der Waals surface area contributed by atoms with E-state index in [9.17, 15) is 9.59 Å². The number of amides is 2. The lowest BCUT2D eigenvalue weighted by Gasteiger charge is -2.12. The van der Waals surface area contributed by atoms with Crippen molar-refractivity contribution in [3.63, 3.8) is 0 Å². The molecule has 0 aliphatic heterocycles. The van der Waals surface area contributed by atoms with Crippen molar-refractivity contribution in [2.45, 2.75) is 32.2 Å². The number of aliphatic carboxylic acids is 1. The number of hydrogen-bond donors (Lipinski definition) is 3. The summed E-state index contributed by atoms with van der Waals surface area (Å²) >= 11 is 0. The largest absolute Gasteiger partial charge is 0.481 e. The number of rotatable bonds is 6. The van der Waals surface area contributed by atoms with E-state index < -0.39 is 5.97 Å². The number of carboxylic acids is 1. The maximum atomic E-state index is 11.7. The first-order valence-corrected chi connectivity index (χ1v) is 6.39. The minimum atomic E-state index is -0.846. The highest BCUT2D eigenvalue weighted by Crippen LogP contribution is 2.12. The number of anilines is 1. The maximum absolute atomic E-state index is 11.7. The molecule has 0 bridgehead atoms. The van der Waals surface area contributed by atoms with Gasteiger partial charge in [-0.1, -0.05) is 25.0 Å². The standard InChI is InChI=1S/C15H18N2O3/c1-3-12(4-2)16-15(20)17-13-7-5-6-11(10-13)8-9-14(18)19/h1,5-7,10,12H,4,8-9H2,2H3,(H,18,19)(H2,16,17,20). The summed E-state index contributed by atoms with van der Waals surface area (Å²) in [6.07, 6.45) is 6.41. The molecule has 1 aromatic rings. The van der Waals surface area contributed by atoms with Gasteiger partial charge in [0.05, 0.1) is 6.04 Å². The SMILES string of the molecule is C#CC(CC)NC(=O)Nc1cccc(CCC(=O)O)c1. The molecular weight excluding hydrogens is 256 g/mol. The molecule has 3 N–H and O–H groups in total. The molecule has 106 valence electrons. The van der Waals surface area contributed by atoms with Crippen molar-refractivity contribution >= 4 is 17.7 Å². The summed E-state index contributed by atoms with van der Waals surface area (Å²) in [5.74, 6) is 1.63. The molecular formula is C15H18N2O3. The normalized spacial score (nSPS) is 11.2. The zero-order valence-electron chi connectivity index (χ0n) is 11.3. The fourth-order valence-electron chi connectivity index (χ4n) is 1.64. The average molecular weight is 274 g/mol. The van der Waals surface area contributed by atoms with Crippen molar-refractivity contribution in [1.29, 1.82) is 0 Å². The third kappa shape index (κ3) is 5.44. The number of terminal acetylenes is 1. The predicted octanol–water partition coefficient (Wildman–Crippen LogP) is 2.24. The van der Waals surface area contributed by atoms with Crippen LogP contribution in [0.3, 0.4) is 0 Å². The van der Waals surface area contributed by atoms with Gasteiger partial charge >= 0.3 is 12.0 Å². The molecule has 0 aliphatic carbocycles. The zero-order chi connectivity index (χ0) is 15.0. The molecule has 5 heteroatoms. The van der Waals surface area contributed by atoms with Gasteiger partial charge in [-0.25, -0.2) is 4.79 Å². The van der Waals surface area contributed by atoms with Gasteiger partial charge in [0.2, 0.25) is 0 Å². The number of urea groups is 1. The molecule has 0 saturated carbocycles. The Morgan fingerprint density at radius 2 is 2.20 bits per heavy atom. The molecule has 1 aromatic carbocycles. The van der Waals surface area contributed by atoms with Crippen molar-refractivity contribution in [1.82, 2.24) is 5.32 Å². The number of carbonyl (C=O) groups is 2. The van der Waals surface area contributed by atoms with E-state index in [1.165, 1.54) is 0 Å². The zero-order valence-corrected chi connectivity index (χ0v) is 11.3. The Balaban J connectivity index is 2.59. The summed E-state index contributed by atoms with van der Waals surface area (Å²) < 4.78 is 0. The quantitative estimate of drug-likeness (QED) is 0.696. The second kappa shape index (κ2) is 7.85. The van der Waals surface area contributed by atoms with Crippen LogP contribution in [0.15, 0.2) is 24.3 Å². The third-order valence-corrected chi connectivity index (χ3v) is 2.73. The molecule has 0 radical (unpaired) electrons. The van der Waals surface area contributed by atoms with E-state index in [1.54, 1.807) is 18.2 Å². The number of carbonyl (C=O) groups excluding carboxylic acids is 1. The number of carboxylic acid groups (broad SMARTS) is 1. The number of benzene rings is 1. The highest BCUT2D eigenvalue weighted by molar-refractivity contribution is 5.89. The van der Waals surface area contributed by atoms with Gasteiger partial charge in [0.15, 0.2) is 0 Å². The molecule has 0 fully saturated rings. The van der Waals surface area contributed by atoms with Gasteiger partial charge in [-0.3, -0.25) is 4.79 Å². The molecule has 0 spiro atoms. The van der Waals surface area contributed by atoms with E-state index in [-0.39, 0.29) is 18.5 Å². The summed E-state index contributed by atoms with van der Waals surface area (Å²) in [7, 11) is 0. The van der Waals surface area contributed by atoms with Crippen LogP contribution in [-0.2, 0) is 11.2 Å². The van der Waals surface area contributed by atoms with E-state index in [0.717, 1.165) is 5.56 Å². The maximum Gasteiger partial charge on any atom is 0.320 e. The van der Waals surface area contributed by atoms with Gasteiger partial charge < -0.3 is 15.7 Å². The van der Waals surface area contributed by atoms with Crippen molar-refractivity contribution in [2.75, 3.05) is 5.32 Å². The fourth-order valence-corrected chi connectivity index (χ4v) is 1.64. The molecule has 1 unspecified atom stereocenters. The molecule has 20 heavy (non-hydrogen) atoms. The summed E-state index contributed by atoms with van der Waals surface area (Å²) in [6, 6.07) is 6.41. The van der Waals surface area contributed by atoms with E-state index in [2.05, 4.69) is 16.6 Å². The van der Waals surface area contributed by atoms with E-state index in [0.29, 0.717) is 18.5 Å². The minimum absolute atomic E-state index is 0.0602. The molecule has 0 heterocycles. The third-order valence-electron chi connectivity index (χ3n) is 2.73. The van der Waals surface area contributed by atoms with Crippen molar-refractivity contribution in [3.05, 3.63) is 29.8 Å². The molecule has 0 aliphatic rings. The summed E-state index contributed by atoms with van der Waals surface area (Å²) in [4.78, 5) is 22.2. The highest BCUT2D eigenvalue weighted by Gasteiger charge is 2.07. The monoisotopic (exact) mass is 274 g/mol. The first-order valence-electron chi connectivity index (χ1n) is 6.39. The summed E-state index contributed by atoms with van der Waals surface area (Å²) in [6.45, 7) is 1.89. The molecule has 2 amide bonds. The summed E-state index contributed by atoms with van der Waals surface area (Å²) in [5.41, 5.74) is 1.46. The lowest BCUT2D eigenvalue weighted by Crippen LogP contribution is -2.36. The Morgan fingerprint density at radius 1 is 1.45 bits per heavy atom. The second-order valence-electron chi connectivity index (χ2n) is 4.32. The number of nitrogens with one attached hydrogen (secondary N) is 2. The lowest BCUT2D eigenvalue weighted by atomic mass is 10.1. The van der Waals surface area contributed by atoms with Crippen LogP contribution >= 0.6 is 0 Å². The van der Waals surface area contributed by atoms with Crippen LogP contribution in [0.4, 0.5) is 10.5 Å². The Labute approximate surface area is 118 Å². The van der Waals surface area contributed by atoms with Crippen molar-refractivity contribution < 1.29 is 14.7 Å². The van der Waals surface area contributed by atoms with Gasteiger partial charge in [0.1, 0.15) is 0 Å². The molecule has 1 atom stereocenters. The Hall–Kier alpha value is -2.48. The van der Waals surface area contributed by atoms with Crippen LogP contribution in [0.2, 0.25) is 0 Å². The smallest absolute Gasteiger partial charge is 0.320 e. The molecule has 1 rings (SSSR count). The van der Waals surface area contributed by atoms with Crippen LogP contribution in [0.5, 0.6) is 0 Å². The molecule has 5 nitrogen and oxygen atoms in total. The van der Waals surface area contributed by atoms with Crippen LogP contribution in [-0.4, -0.2) is 23.1 Å². The van der Waals surface area contributed by atoms with Crippen LogP contribution in [0.25, 0.3) is 0 Å². The first-order chi connectivity index (χ1) is 9.55. The highest BCUT2D eigenvalue weighted by atomic mass is 16.4. The van der Waals surface area contributed by atoms with Crippen molar-refractivity contribution in [2.24, 2.45) is 0 Å². The van der Waals surface area contributed by atoms with Crippen molar-refractivity contribution in [3.8, 4) is 12.3 Å². The average Bonchev–Trinajstić information content (AvgIpc) is 2.43. The van der Waals surface area contributed by atoms with E-state index in [4.69, 9.17) is 11.5 Å². The fraction of sp³-hybridized carbons (Fsp3) is 0.333. The Morgan fingerprint density at radius 3 is 2.80 bits per heavy atom. The first kappa shape index (κ1) is 15.6. The minimum Gasteiger partial charge on any atom is -0.481 e. The number of aryl methyl sites for hydroxylation is 1.